The standard InChI is InChI=1S/C13H7ClN6O/c14-8-1-3-9(4-2-8)19-6-5-10-11(12(19)21)17-18-13-15-7-16-20(10)13/h1-7H. The average Bonchev–Trinajstić information content (AvgIpc) is 2.97. The minimum Gasteiger partial charge on any atom is -0.282 e. The maximum Gasteiger partial charge on any atom is 0.285 e. The van der Waals surface area contributed by atoms with E-state index in [2.05, 4.69) is 20.3 Å². The molecule has 4 aromatic rings. The van der Waals surface area contributed by atoms with Crippen LogP contribution in [0.2, 0.25) is 5.02 Å². The number of hydrogen-bond acceptors (Lipinski definition) is 5. The van der Waals surface area contributed by atoms with E-state index in [9.17, 15) is 4.79 Å². The summed E-state index contributed by atoms with van der Waals surface area (Å²) in [6.45, 7) is 0. The Balaban J connectivity index is 2.04. The van der Waals surface area contributed by atoms with Gasteiger partial charge in [-0.05, 0) is 30.3 Å². The molecule has 7 nitrogen and oxygen atoms in total. The Morgan fingerprint density at radius 2 is 1.86 bits per heavy atom. The van der Waals surface area contributed by atoms with Gasteiger partial charge in [-0.1, -0.05) is 11.6 Å². The van der Waals surface area contributed by atoms with Crippen LogP contribution in [0.3, 0.4) is 0 Å². The zero-order valence-electron chi connectivity index (χ0n) is 10.5. The van der Waals surface area contributed by atoms with Crippen molar-refractivity contribution in [2.45, 2.75) is 0 Å². The Kier molecular flexibility index (Phi) is 2.48. The third-order valence-corrected chi connectivity index (χ3v) is 3.40. The zero-order valence-corrected chi connectivity index (χ0v) is 11.3. The van der Waals surface area contributed by atoms with E-state index in [1.54, 1.807) is 36.5 Å². The lowest BCUT2D eigenvalue weighted by molar-refractivity contribution is 0.914. The van der Waals surface area contributed by atoms with Gasteiger partial charge in [0.1, 0.15) is 11.8 Å². The van der Waals surface area contributed by atoms with Crippen LogP contribution in [0, 0.1) is 0 Å². The highest BCUT2D eigenvalue weighted by atomic mass is 35.5. The summed E-state index contributed by atoms with van der Waals surface area (Å²) in [5, 5.41) is 12.5. The molecule has 21 heavy (non-hydrogen) atoms. The number of rotatable bonds is 1. The summed E-state index contributed by atoms with van der Waals surface area (Å²) in [5.41, 5.74) is 1.21. The summed E-state index contributed by atoms with van der Waals surface area (Å²) in [6, 6.07) is 8.72. The van der Waals surface area contributed by atoms with Gasteiger partial charge in [0.15, 0.2) is 5.52 Å². The number of fused-ring (bicyclic) bond motifs is 3. The number of benzene rings is 1. The van der Waals surface area contributed by atoms with Crippen molar-refractivity contribution in [2.75, 3.05) is 0 Å². The van der Waals surface area contributed by atoms with E-state index >= 15 is 0 Å². The average molecular weight is 299 g/mol. The zero-order chi connectivity index (χ0) is 14.4. The van der Waals surface area contributed by atoms with Crippen molar-refractivity contribution in [1.82, 2.24) is 29.4 Å². The van der Waals surface area contributed by atoms with Crippen LogP contribution in [0.25, 0.3) is 22.5 Å². The number of halogens is 1. The Morgan fingerprint density at radius 3 is 2.67 bits per heavy atom. The van der Waals surface area contributed by atoms with Crippen molar-refractivity contribution >= 4 is 28.4 Å². The van der Waals surface area contributed by atoms with E-state index in [1.165, 1.54) is 15.4 Å². The van der Waals surface area contributed by atoms with Gasteiger partial charge in [0.25, 0.3) is 11.3 Å². The number of nitrogens with zero attached hydrogens (tertiary/aromatic N) is 6. The van der Waals surface area contributed by atoms with E-state index in [0.717, 1.165) is 0 Å². The molecule has 0 saturated heterocycles. The molecule has 0 saturated carbocycles. The molecule has 1 aromatic carbocycles. The molecule has 0 atom stereocenters. The normalized spacial score (nSPS) is 11.3. The number of aromatic nitrogens is 6. The van der Waals surface area contributed by atoms with E-state index in [4.69, 9.17) is 11.6 Å². The van der Waals surface area contributed by atoms with Crippen LogP contribution in [-0.4, -0.2) is 29.4 Å². The summed E-state index contributed by atoms with van der Waals surface area (Å²) in [7, 11) is 0. The lowest BCUT2D eigenvalue weighted by Crippen LogP contribution is -2.20. The highest BCUT2D eigenvalue weighted by Gasteiger charge is 2.10. The quantitative estimate of drug-likeness (QED) is 0.532. The van der Waals surface area contributed by atoms with Crippen molar-refractivity contribution in [3.63, 3.8) is 0 Å². The molecule has 0 aliphatic carbocycles. The molecule has 3 aromatic heterocycles. The Hall–Kier alpha value is -2.80. The molecule has 0 aliphatic rings. The molecule has 0 spiro atoms. The minimum absolute atomic E-state index is 0.227. The fourth-order valence-electron chi connectivity index (χ4n) is 2.15. The van der Waals surface area contributed by atoms with Gasteiger partial charge in [-0.2, -0.15) is 14.6 Å². The molecular weight excluding hydrogens is 292 g/mol. The van der Waals surface area contributed by atoms with Gasteiger partial charge in [0.2, 0.25) is 0 Å². The van der Waals surface area contributed by atoms with Crippen molar-refractivity contribution < 1.29 is 0 Å². The minimum atomic E-state index is -0.278. The van der Waals surface area contributed by atoms with Gasteiger partial charge < -0.3 is 0 Å². The first-order valence-corrected chi connectivity index (χ1v) is 6.45. The smallest absolute Gasteiger partial charge is 0.282 e. The van der Waals surface area contributed by atoms with Crippen LogP contribution in [0.5, 0.6) is 0 Å². The van der Waals surface area contributed by atoms with Crippen LogP contribution >= 0.6 is 11.6 Å². The predicted octanol–water partition coefficient (Wildman–Crippen LogP) is 1.48. The summed E-state index contributed by atoms with van der Waals surface area (Å²) in [4.78, 5) is 16.5. The monoisotopic (exact) mass is 298 g/mol. The topological polar surface area (TPSA) is 78.0 Å². The number of pyridine rings is 1. The van der Waals surface area contributed by atoms with Crippen LogP contribution in [-0.2, 0) is 0 Å². The molecular formula is C13H7ClN6O. The second-order valence-electron chi connectivity index (χ2n) is 4.37. The van der Waals surface area contributed by atoms with Gasteiger partial charge >= 0.3 is 0 Å². The maximum atomic E-state index is 12.5. The first-order valence-electron chi connectivity index (χ1n) is 6.08. The summed E-state index contributed by atoms with van der Waals surface area (Å²) in [6.07, 6.45) is 3.03. The molecule has 4 rings (SSSR count). The lowest BCUT2D eigenvalue weighted by atomic mass is 10.3. The van der Waals surface area contributed by atoms with Crippen molar-refractivity contribution in [1.29, 1.82) is 0 Å². The Morgan fingerprint density at radius 1 is 1.05 bits per heavy atom. The van der Waals surface area contributed by atoms with Crippen LogP contribution in [0.15, 0.2) is 47.7 Å². The fourth-order valence-corrected chi connectivity index (χ4v) is 2.28. The molecule has 0 aliphatic heterocycles. The molecule has 0 fully saturated rings. The van der Waals surface area contributed by atoms with Crippen molar-refractivity contribution in [3.8, 4) is 5.69 Å². The van der Waals surface area contributed by atoms with Gasteiger partial charge in [0, 0.05) is 16.9 Å². The van der Waals surface area contributed by atoms with Gasteiger partial charge in [-0.25, -0.2) is 0 Å². The SMILES string of the molecule is O=c1c2nnc3ncnn3c2ccn1-c1ccc(Cl)cc1. The second-order valence-corrected chi connectivity index (χ2v) is 4.81. The molecule has 0 N–H and O–H groups in total. The van der Waals surface area contributed by atoms with Crippen LogP contribution in [0.4, 0.5) is 0 Å². The van der Waals surface area contributed by atoms with Crippen molar-refractivity contribution in [2.24, 2.45) is 0 Å². The van der Waals surface area contributed by atoms with Crippen LogP contribution in [0.1, 0.15) is 0 Å². The van der Waals surface area contributed by atoms with Gasteiger partial charge in [0.05, 0.1) is 0 Å². The Labute approximate surface area is 122 Å². The molecule has 102 valence electrons. The second kappa shape index (κ2) is 4.35. The summed E-state index contributed by atoms with van der Waals surface area (Å²) < 4.78 is 2.96. The van der Waals surface area contributed by atoms with Crippen molar-refractivity contribution in [3.05, 3.63) is 58.2 Å². The highest BCUT2D eigenvalue weighted by molar-refractivity contribution is 6.30. The first kappa shape index (κ1) is 12.0. The fraction of sp³-hybridized carbons (Fsp3) is 0. The third kappa shape index (κ3) is 1.78. The maximum absolute atomic E-state index is 12.5. The van der Waals surface area contributed by atoms with E-state index in [1.807, 2.05) is 0 Å². The van der Waals surface area contributed by atoms with E-state index in [0.29, 0.717) is 22.0 Å². The number of hydrogen-bond donors (Lipinski definition) is 0. The molecule has 0 bridgehead atoms. The largest absolute Gasteiger partial charge is 0.285 e. The Bertz CT molecular complexity index is 1020. The third-order valence-electron chi connectivity index (χ3n) is 3.15. The van der Waals surface area contributed by atoms with Crippen LogP contribution < -0.4 is 5.56 Å². The lowest BCUT2D eigenvalue weighted by Gasteiger charge is -2.06. The molecule has 0 radical (unpaired) electrons. The van der Waals surface area contributed by atoms with E-state index < -0.39 is 0 Å². The molecule has 3 heterocycles. The highest BCUT2D eigenvalue weighted by Crippen LogP contribution is 2.13. The first-order chi connectivity index (χ1) is 10.2. The van der Waals surface area contributed by atoms with Gasteiger partial charge in [-0.3, -0.25) is 9.36 Å². The van der Waals surface area contributed by atoms with Gasteiger partial charge in [-0.15, -0.1) is 10.2 Å². The summed E-state index contributed by atoms with van der Waals surface area (Å²) >= 11 is 5.86. The molecule has 0 unspecified atom stereocenters. The molecule has 0 amide bonds. The summed E-state index contributed by atoms with van der Waals surface area (Å²) in [5.74, 6) is 0.353. The van der Waals surface area contributed by atoms with E-state index in [-0.39, 0.29) is 11.1 Å². The predicted molar refractivity (Wildman–Crippen MR) is 76.7 cm³/mol. The molecule has 8 heteroatoms.